The van der Waals surface area contributed by atoms with E-state index in [4.69, 9.17) is 0 Å². The van der Waals surface area contributed by atoms with Gasteiger partial charge in [0.1, 0.15) is 0 Å². The topological polar surface area (TPSA) is 12.0 Å². The quantitative estimate of drug-likeness (QED) is 0.0898. The molecule has 1 unspecified atom stereocenters. The summed E-state index contributed by atoms with van der Waals surface area (Å²) in [6.45, 7) is 6.99. The molecule has 1 N–H and O–H groups in total. The molecule has 234 valence electrons. The molecule has 1 rings (SSSR count). The first-order valence-electron chi connectivity index (χ1n) is 18.6. The fourth-order valence-electron chi connectivity index (χ4n) is 6.36. The van der Waals surface area contributed by atoms with Gasteiger partial charge in [-0.1, -0.05) is 199 Å². The molecule has 1 aromatic carbocycles. The van der Waals surface area contributed by atoms with E-state index in [1.54, 1.807) is 0 Å². The molecule has 0 bridgehead atoms. The minimum absolute atomic E-state index is 0.564. The minimum Gasteiger partial charge on any atom is -0.383 e. The Balaban J connectivity index is 2.16. The summed E-state index contributed by atoms with van der Waals surface area (Å²) < 4.78 is 0. The van der Waals surface area contributed by atoms with E-state index >= 15 is 0 Å². The van der Waals surface area contributed by atoms with E-state index in [1.807, 2.05) is 0 Å². The maximum absolute atomic E-state index is 3.73. The molecule has 1 nitrogen and oxygen atoms in total. The number of hydrogen-bond donors (Lipinski definition) is 1. The molecule has 0 radical (unpaired) electrons. The average Bonchev–Trinajstić information content (AvgIpc) is 2.97. The van der Waals surface area contributed by atoms with E-state index < -0.39 is 0 Å². The highest BCUT2D eigenvalue weighted by atomic mass is 14.9. The van der Waals surface area contributed by atoms with Crippen LogP contribution < -0.4 is 5.32 Å². The monoisotopic (exact) mass is 556 g/mol. The van der Waals surface area contributed by atoms with Crippen LogP contribution in [0.1, 0.15) is 201 Å². The number of unbranched alkanes of at least 4 members (excludes halogenated alkanes) is 22. The molecule has 0 aliphatic rings. The van der Waals surface area contributed by atoms with Gasteiger partial charge in [-0.15, -0.1) is 0 Å². The van der Waals surface area contributed by atoms with E-state index in [-0.39, 0.29) is 0 Å². The number of para-hydroxylation sites is 1. The van der Waals surface area contributed by atoms with Gasteiger partial charge in [-0.3, -0.25) is 0 Å². The number of benzene rings is 1. The van der Waals surface area contributed by atoms with Crippen LogP contribution in [0, 0.1) is 5.92 Å². The summed E-state index contributed by atoms with van der Waals surface area (Å²) in [6, 6.07) is 11.3. The Labute approximate surface area is 253 Å². The van der Waals surface area contributed by atoms with Crippen molar-refractivity contribution in [1.29, 1.82) is 0 Å². The molecule has 0 saturated carbocycles. The van der Waals surface area contributed by atoms with Gasteiger partial charge in [-0.05, 0) is 37.8 Å². The highest BCUT2D eigenvalue weighted by Gasteiger charge is 2.11. The molecule has 1 atom stereocenters. The Morgan fingerprint density at radius 1 is 0.425 bits per heavy atom. The largest absolute Gasteiger partial charge is 0.383 e. The third-order valence-electron chi connectivity index (χ3n) is 9.13. The van der Waals surface area contributed by atoms with Crippen LogP contribution in [0.25, 0.3) is 0 Å². The van der Waals surface area contributed by atoms with Gasteiger partial charge >= 0.3 is 0 Å². The molecule has 0 amide bonds. The molecular formula is C39H73N. The van der Waals surface area contributed by atoms with Crippen molar-refractivity contribution in [2.24, 2.45) is 5.92 Å². The summed E-state index contributed by atoms with van der Waals surface area (Å²) in [7, 11) is 0. The number of rotatable bonds is 31. The van der Waals surface area contributed by atoms with Crippen LogP contribution >= 0.6 is 0 Å². The standard InChI is InChI=1S/C39H73N/c1-4-6-8-10-12-14-16-18-20-22-24-27-31-38(36-35-37(3)40-39-33-29-26-30-34-39)32-28-25-23-21-19-17-15-13-11-9-7-5-2/h26,29-30,33-34,37-38,40H,4-25,27-28,31-32,35-36H2,1-3H3. The lowest BCUT2D eigenvalue weighted by molar-refractivity contribution is 0.365. The predicted octanol–water partition coefficient (Wildman–Crippen LogP) is 14.1. The van der Waals surface area contributed by atoms with E-state index in [0.29, 0.717) is 6.04 Å². The molecule has 0 aliphatic carbocycles. The second kappa shape index (κ2) is 29.5. The lowest BCUT2D eigenvalue weighted by Gasteiger charge is -2.21. The van der Waals surface area contributed by atoms with Crippen LogP contribution in [0.3, 0.4) is 0 Å². The van der Waals surface area contributed by atoms with Crippen LogP contribution in [-0.2, 0) is 0 Å². The Morgan fingerprint density at radius 3 is 1.15 bits per heavy atom. The smallest absolute Gasteiger partial charge is 0.0342 e. The van der Waals surface area contributed by atoms with Crippen molar-refractivity contribution in [3.63, 3.8) is 0 Å². The Bertz CT molecular complexity index is 568. The number of anilines is 1. The normalized spacial score (nSPS) is 12.3. The van der Waals surface area contributed by atoms with E-state index in [1.165, 1.54) is 185 Å². The van der Waals surface area contributed by atoms with Crippen LogP contribution in [0.2, 0.25) is 0 Å². The van der Waals surface area contributed by atoms with Gasteiger partial charge < -0.3 is 5.32 Å². The van der Waals surface area contributed by atoms with Gasteiger partial charge in [0.05, 0.1) is 0 Å². The fraction of sp³-hybridized carbons (Fsp3) is 0.846. The third-order valence-corrected chi connectivity index (χ3v) is 9.13. The van der Waals surface area contributed by atoms with Crippen molar-refractivity contribution in [2.75, 3.05) is 5.32 Å². The van der Waals surface area contributed by atoms with E-state index in [9.17, 15) is 0 Å². The van der Waals surface area contributed by atoms with Crippen molar-refractivity contribution in [1.82, 2.24) is 0 Å². The van der Waals surface area contributed by atoms with Gasteiger partial charge in [0, 0.05) is 11.7 Å². The lowest BCUT2D eigenvalue weighted by atomic mass is 9.89. The highest BCUT2D eigenvalue weighted by Crippen LogP contribution is 2.25. The Kier molecular flexibility index (Phi) is 27.3. The van der Waals surface area contributed by atoms with Crippen molar-refractivity contribution in [2.45, 2.75) is 207 Å². The van der Waals surface area contributed by atoms with Crippen molar-refractivity contribution in [3.05, 3.63) is 30.3 Å². The van der Waals surface area contributed by atoms with Crippen LogP contribution in [0.15, 0.2) is 30.3 Å². The molecule has 0 aliphatic heterocycles. The third kappa shape index (κ3) is 24.8. The molecule has 0 aromatic heterocycles. The summed E-state index contributed by atoms with van der Waals surface area (Å²) in [5.74, 6) is 0.936. The zero-order valence-electron chi connectivity index (χ0n) is 27.8. The Hall–Kier alpha value is -0.980. The molecule has 40 heavy (non-hydrogen) atoms. The first kappa shape index (κ1) is 37.0. The second-order valence-electron chi connectivity index (χ2n) is 13.2. The number of nitrogens with one attached hydrogen (secondary N) is 1. The molecular weight excluding hydrogens is 482 g/mol. The highest BCUT2D eigenvalue weighted by molar-refractivity contribution is 5.43. The second-order valence-corrected chi connectivity index (χ2v) is 13.2. The van der Waals surface area contributed by atoms with E-state index in [2.05, 4.69) is 56.4 Å². The SMILES string of the molecule is CCCCCCCCCCCCCCC(CCCCCCCCCCCCCC)CCC(C)Nc1ccccc1. The van der Waals surface area contributed by atoms with E-state index in [0.717, 1.165) is 5.92 Å². The van der Waals surface area contributed by atoms with Crippen molar-refractivity contribution < 1.29 is 0 Å². The van der Waals surface area contributed by atoms with Gasteiger partial charge in [0.25, 0.3) is 0 Å². The minimum atomic E-state index is 0.564. The van der Waals surface area contributed by atoms with Gasteiger partial charge in [0.2, 0.25) is 0 Å². The van der Waals surface area contributed by atoms with Crippen molar-refractivity contribution >= 4 is 5.69 Å². The van der Waals surface area contributed by atoms with Crippen LogP contribution in [0.4, 0.5) is 5.69 Å². The first-order chi connectivity index (χ1) is 19.8. The van der Waals surface area contributed by atoms with Gasteiger partial charge in [-0.2, -0.15) is 0 Å². The first-order valence-corrected chi connectivity index (χ1v) is 18.6. The zero-order chi connectivity index (χ0) is 28.8. The fourth-order valence-corrected chi connectivity index (χ4v) is 6.36. The molecule has 0 spiro atoms. The maximum Gasteiger partial charge on any atom is 0.0342 e. The van der Waals surface area contributed by atoms with Gasteiger partial charge in [0.15, 0.2) is 0 Å². The van der Waals surface area contributed by atoms with Gasteiger partial charge in [-0.25, -0.2) is 0 Å². The summed E-state index contributed by atoms with van der Waals surface area (Å²) in [5, 5.41) is 3.73. The predicted molar refractivity (Wildman–Crippen MR) is 184 cm³/mol. The molecule has 0 saturated heterocycles. The maximum atomic E-state index is 3.73. The van der Waals surface area contributed by atoms with Crippen LogP contribution in [0.5, 0.6) is 0 Å². The summed E-state index contributed by atoms with van der Waals surface area (Å²) >= 11 is 0. The van der Waals surface area contributed by atoms with Crippen LogP contribution in [-0.4, -0.2) is 6.04 Å². The summed E-state index contributed by atoms with van der Waals surface area (Å²) in [5.41, 5.74) is 1.27. The zero-order valence-corrected chi connectivity index (χ0v) is 27.8. The molecule has 0 fully saturated rings. The summed E-state index contributed by atoms with van der Waals surface area (Å²) in [4.78, 5) is 0. The molecule has 1 heteroatoms. The lowest BCUT2D eigenvalue weighted by Crippen LogP contribution is -2.16. The molecule has 1 aromatic rings. The summed E-state index contributed by atoms with van der Waals surface area (Å²) in [6.07, 6.45) is 40.6. The number of hydrogen-bond acceptors (Lipinski definition) is 1. The molecule has 0 heterocycles. The van der Waals surface area contributed by atoms with Crippen molar-refractivity contribution in [3.8, 4) is 0 Å². The Morgan fingerprint density at radius 2 is 0.775 bits per heavy atom. The average molecular weight is 556 g/mol.